The largest absolute Gasteiger partial charge is 0.464 e. The zero-order valence-corrected chi connectivity index (χ0v) is 68.2. The Morgan fingerprint density at radius 1 is 0.398 bits per heavy atom. The molecule has 612 valence electrons. The smallest absolute Gasteiger partial charge is 0.312 e. The average Bonchev–Trinajstić information content (AvgIpc) is 0.793. The maximum absolute atomic E-state index is 14.6. The lowest BCUT2D eigenvalue weighted by molar-refractivity contribution is -0.169. The molecule has 0 saturated carbocycles. The van der Waals surface area contributed by atoms with Crippen LogP contribution in [0.4, 0.5) is 0 Å². The van der Waals surface area contributed by atoms with E-state index in [2.05, 4.69) is 133 Å². The van der Waals surface area contributed by atoms with Crippen molar-refractivity contribution >= 4 is 29.8 Å². The highest BCUT2D eigenvalue weighted by molar-refractivity contribution is 5.78. The molecule has 0 aromatic heterocycles. The van der Waals surface area contributed by atoms with E-state index >= 15 is 0 Å². The Bertz CT molecular complexity index is 2580. The van der Waals surface area contributed by atoms with Crippen LogP contribution in [-0.2, 0) is 76.1 Å². The van der Waals surface area contributed by atoms with Crippen LogP contribution in [0.5, 0.6) is 0 Å². The van der Waals surface area contributed by atoms with E-state index in [4.69, 9.17) is 52.1 Å². The number of allylic oxidation sites excluding steroid dienone is 12. The predicted octanol–water partition coefficient (Wildman–Crippen LogP) is 21.0. The van der Waals surface area contributed by atoms with Crippen LogP contribution in [0.1, 0.15) is 247 Å². The summed E-state index contributed by atoms with van der Waals surface area (Å²) in [7, 11) is 0. The van der Waals surface area contributed by atoms with Crippen molar-refractivity contribution in [2.75, 3.05) is 106 Å². The third-order valence-electron chi connectivity index (χ3n) is 20.2. The number of carbonyl (C=O) groups excluding carboxylic acids is 5. The zero-order chi connectivity index (χ0) is 78.9. The Balaban J connectivity index is 2.06. The molecule has 0 bridgehead atoms. The first-order valence-corrected chi connectivity index (χ1v) is 41.5. The molecule has 0 fully saturated rings. The standard InChI is InChI=1S/C92H148O16/c1-12-21-24-26-27-28-29-30-31-32-33-36-41-47-54-84(93)104-69-83(108-86(95)56-49-43-38-40-46-53-82-60-58-80(51-44-25-22-13-2)68-90(82,11)88(97)107-78-92(74-101-64-18-7,75-102-65-19-8)76-103-66-20-9)70-105-85(94)55-48-42-37-34-35-39-45-52-81-59-57-79(50-23-14-3)67-89(81,10)87(96)106-77-91(71-98-61-15-4,72-99-62-16-5)73-100-63-17-6/h15-20,26-27,29-30,44-45,51-52,57-60,79-83H,4-9,12-14,21-25,28,31-43,46-50,53-56,61-78H2,1-3,10-11H3. The molecule has 2 aliphatic carbocycles. The summed E-state index contributed by atoms with van der Waals surface area (Å²) < 4.78 is 65.6. The van der Waals surface area contributed by atoms with Crippen molar-refractivity contribution in [2.24, 2.45) is 45.3 Å². The fourth-order valence-corrected chi connectivity index (χ4v) is 13.6. The van der Waals surface area contributed by atoms with E-state index in [0.29, 0.717) is 71.7 Å². The Morgan fingerprint density at radius 2 is 0.796 bits per heavy atom. The quantitative estimate of drug-likeness (QED) is 0.0242. The summed E-state index contributed by atoms with van der Waals surface area (Å²) in [5.41, 5.74) is -3.10. The van der Waals surface area contributed by atoms with E-state index in [1.54, 1.807) is 36.5 Å². The van der Waals surface area contributed by atoms with E-state index in [9.17, 15) is 24.0 Å². The van der Waals surface area contributed by atoms with E-state index in [-0.39, 0.29) is 127 Å². The van der Waals surface area contributed by atoms with Crippen LogP contribution in [0.3, 0.4) is 0 Å². The lowest BCUT2D eigenvalue weighted by Gasteiger charge is -2.40. The van der Waals surface area contributed by atoms with Gasteiger partial charge in [0.15, 0.2) is 6.10 Å². The fourth-order valence-electron chi connectivity index (χ4n) is 13.6. The van der Waals surface area contributed by atoms with Gasteiger partial charge in [0.05, 0.1) is 101 Å². The summed E-state index contributed by atoms with van der Waals surface area (Å²) in [4.78, 5) is 68.7. The van der Waals surface area contributed by atoms with Gasteiger partial charge in [-0.15, -0.1) is 39.5 Å². The van der Waals surface area contributed by atoms with Crippen LogP contribution in [0.15, 0.2) is 149 Å². The van der Waals surface area contributed by atoms with Gasteiger partial charge in [-0.2, -0.15) is 0 Å². The first-order chi connectivity index (χ1) is 52.5. The summed E-state index contributed by atoms with van der Waals surface area (Å²) in [5, 5.41) is 0. The van der Waals surface area contributed by atoms with Gasteiger partial charge in [-0.3, -0.25) is 24.0 Å². The van der Waals surface area contributed by atoms with E-state index in [0.717, 1.165) is 148 Å². The molecule has 16 nitrogen and oxygen atoms in total. The predicted molar refractivity (Wildman–Crippen MR) is 439 cm³/mol. The molecular formula is C92H148O16. The van der Waals surface area contributed by atoms with Crippen molar-refractivity contribution in [3.05, 3.63) is 149 Å². The Morgan fingerprint density at radius 3 is 1.26 bits per heavy atom. The van der Waals surface area contributed by atoms with Crippen LogP contribution >= 0.6 is 0 Å². The molecule has 2 rings (SSSR count). The summed E-state index contributed by atoms with van der Waals surface area (Å²) in [5.74, 6) is -1.53. The lowest BCUT2D eigenvalue weighted by Crippen LogP contribution is -2.46. The Labute approximate surface area is 655 Å². The molecule has 0 radical (unpaired) electrons. The van der Waals surface area contributed by atoms with Crippen LogP contribution in [0, 0.1) is 45.3 Å². The van der Waals surface area contributed by atoms with Crippen LogP contribution < -0.4 is 0 Å². The Kier molecular flexibility index (Phi) is 57.8. The van der Waals surface area contributed by atoms with Gasteiger partial charge in [-0.25, -0.2) is 0 Å². The van der Waals surface area contributed by atoms with Gasteiger partial charge >= 0.3 is 29.8 Å². The minimum Gasteiger partial charge on any atom is -0.464 e. The number of hydrogen-bond acceptors (Lipinski definition) is 16. The van der Waals surface area contributed by atoms with E-state index in [1.165, 1.54) is 12.8 Å². The second kappa shape index (κ2) is 63.6. The summed E-state index contributed by atoms with van der Waals surface area (Å²) in [6.07, 6.45) is 64.8. The average molecular weight is 1510 g/mol. The third kappa shape index (κ3) is 44.7. The monoisotopic (exact) mass is 1510 g/mol. The van der Waals surface area contributed by atoms with Crippen molar-refractivity contribution in [1.82, 2.24) is 0 Å². The number of esters is 5. The highest BCUT2D eigenvalue weighted by atomic mass is 16.6. The van der Waals surface area contributed by atoms with Gasteiger partial charge < -0.3 is 52.1 Å². The summed E-state index contributed by atoms with van der Waals surface area (Å²) in [6, 6.07) is 0. The molecule has 7 unspecified atom stereocenters. The third-order valence-corrected chi connectivity index (χ3v) is 20.2. The maximum Gasteiger partial charge on any atom is 0.312 e. The van der Waals surface area contributed by atoms with E-state index in [1.807, 2.05) is 13.8 Å². The second-order valence-corrected chi connectivity index (χ2v) is 30.4. The number of rotatable bonds is 72. The zero-order valence-electron chi connectivity index (χ0n) is 68.2. The van der Waals surface area contributed by atoms with Crippen molar-refractivity contribution in [3.8, 4) is 0 Å². The molecule has 0 aromatic carbocycles. The molecule has 0 aliphatic heterocycles. The van der Waals surface area contributed by atoms with Crippen molar-refractivity contribution in [2.45, 2.75) is 253 Å². The van der Waals surface area contributed by atoms with Crippen molar-refractivity contribution < 1.29 is 76.1 Å². The Hall–Kier alpha value is -6.01. The van der Waals surface area contributed by atoms with Gasteiger partial charge in [0.25, 0.3) is 0 Å². The number of ether oxygens (including phenoxy) is 11. The molecule has 7 atom stereocenters. The molecule has 16 heteroatoms. The van der Waals surface area contributed by atoms with Gasteiger partial charge in [-0.05, 0) is 121 Å². The first kappa shape index (κ1) is 98.1. The van der Waals surface area contributed by atoms with E-state index < -0.39 is 39.7 Å². The van der Waals surface area contributed by atoms with Crippen molar-refractivity contribution in [1.29, 1.82) is 0 Å². The molecule has 0 saturated heterocycles. The van der Waals surface area contributed by atoms with Crippen molar-refractivity contribution in [3.63, 3.8) is 0 Å². The first-order valence-electron chi connectivity index (χ1n) is 41.5. The molecule has 2 aliphatic rings. The number of hydrogen-bond donors (Lipinski definition) is 0. The molecule has 0 amide bonds. The van der Waals surface area contributed by atoms with Gasteiger partial charge in [-0.1, -0.05) is 233 Å². The number of unbranched alkanes of at least 4 members (excludes halogenated alkanes) is 19. The molecule has 0 spiro atoms. The number of carbonyl (C=O) groups is 5. The van der Waals surface area contributed by atoms with Crippen LogP contribution in [-0.4, -0.2) is 142 Å². The van der Waals surface area contributed by atoms with Crippen LogP contribution in [0.2, 0.25) is 0 Å². The van der Waals surface area contributed by atoms with Crippen LogP contribution in [0.25, 0.3) is 0 Å². The summed E-state index contributed by atoms with van der Waals surface area (Å²) in [6.45, 7) is 36.6. The highest BCUT2D eigenvalue weighted by Crippen LogP contribution is 2.46. The molecule has 0 heterocycles. The van der Waals surface area contributed by atoms with Gasteiger partial charge in [0.1, 0.15) is 26.4 Å². The summed E-state index contributed by atoms with van der Waals surface area (Å²) >= 11 is 0. The SMILES string of the molecule is C=CCOCC(COCC=C)(COCC=C)COC(=O)C1(C)CC(CCCC)C=CC1C=CCCCCCCCC(=O)OCC(COC(=O)CCCCCCCC=CCC=CCCCC)OC(=O)CCCCCCCC1C=CC(C=CCCCC)CC1(C)C(=O)OCC(COCC=C)(COCC=C)COCC=C. The normalized spacial score (nSPS) is 19.0. The molecule has 0 aromatic rings. The molecule has 0 N–H and O–H groups in total. The lowest BCUT2D eigenvalue weighted by atomic mass is 9.65. The molecule has 108 heavy (non-hydrogen) atoms. The minimum absolute atomic E-state index is 0.0465. The van der Waals surface area contributed by atoms with Gasteiger partial charge in [0, 0.05) is 25.2 Å². The van der Waals surface area contributed by atoms with Gasteiger partial charge in [0.2, 0.25) is 0 Å². The topological polar surface area (TPSA) is 187 Å². The minimum atomic E-state index is -0.935. The second-order valence-electron chi connectivity index (χ2n) is 30.4. The maximum atomic E-state index is 14.6. The highest BCUT2D eigenvalue weighted by Gasteiger charge is 2.47. The fraction of sp³-hybridized carbons (Fsp3) is 0.685. The molecular weight excluding hydrogens is 1360 g/mol.